The summed E-state index contributed by atoms with van der Waals surface area (Å²) in [4.78, 5) is 9.87. The summed E-state index contributed by atoms with van der Waals surface area (Å²) in [7, 11) is -3.94. The molecule has 0 aliphatic carbocycles. The third kappa shape index (κ3) is 2.62. The molecule has 0 bridgehead atoms. The quantitative estimate of drug-likeness (QED) is 0.627. The van der Waals surface area contributed by atoms with Crippen molar-refractivity contribution < 1.29 is 13.3 Å². The van der Waals surface area contributed by atoms with Gasteiger partial charge in [0, 0.05) is 24.2 Å². The second kappa shape index (κ2) is 5.09. The minimum Gasteiger partial charge on any atom is -0.258 e. The molecule has 1 fully saturated rings. The summed E-state index contributed by atoms with van der Waals surface area (Å²) < 4.78 is 26.8. The van der Waals surface area contributed by atoms with Gasteiger partial charge in [0.2, 0.25) is 10.0 Å². The number of hydrogen-bond donors (Lipinski definition) is 0. The number of rotatable bonds is 3. The minimum absolute atomic E-state index is 0.0803. The summed E-state index contributed by atoms with van der Waals surface area (Å²) in [5.41, 5.74) is -0.983. The van der Waals surface area contributed by atoms with E-state index in [4.69, 9.17) is 5.26 Å². The molecule has 1 saturated heterocycles. The molecule has 0 spiro atoms. The third-order valence-electron chi connectivity index (χ3n) is 3.69. The summed E-state index contributed by atoms with van der Waals surface area (Å²) in [6.07, 6.45) is 1.44. The van der Waals surface area contributed by atoms with Crippen molar-refractivity contribution in [2.45, 2.75) is 37.1 Å². The van der Waals surface area contributed by atoms with Gasteiger partial charge in [0.1, 0.15) is 11.0 Å². The third-order valence-corrected chi connectivity index (χ3v) is 5.84. The highest BCUT2D eigenvalue weighted by atomic mass is 32.2. The molecule has 1 aliphatic heterocycles. The number of nitrogens with zero attached hydrogens (tertiary/aromatic N) is 3. The first kappa shape index (κ1) is 15.4. The molecule has 0 amide bonds. The average Bonchev–Trinajstić information content (AvgIpc) is 2.78. The van der Waals surface area contributed by atoms with Crippen LogP contribution in [-0.4, -0.2) is 29.7 Å². The van der Waals surface area contributed by atoms with Crippen LogP contribution in [0.3, 0.4) is 0 Å². The van der Waals surface area contributed by atoms with Gasteiger partial charge in [0.15, 0.2) is 0 Å². The summed E-state index contributed by atoms with van der Waals surface area (Å²) >= 11 is 0. The molecule has 1 aromatic rings. The number of non-ortho nitro benzene ring substituents is 1. The molecule has 0 N–H and O–H groups in total. The van der Waals surface area contributed by atoms with Crippen molar-refractivity contribution in [3.05, 3.63) is 33.9 Å². The zero-order chi connectivity index (χ0) is 15.8. The molecular formula is C13H15N3O4S. The Morgan fingerprint density at radius 2 is 2.10 bits per heavy atom. The highest BCUT2D eigenvalue weighted by Gasteiger charge is 2.42. The molecule has 0 saturated carbocycles. The molecule has 8 heteroatoms. The lowest BCUT2D eigenvalue weighted by Gasteiger charge is -2.30. The van der Waals surface area contributed by atoms with Gasteiger partial charge in [-0.15, -0.1) is 0 Å². The van der Waals surface area contributed by atoms with Gasteiger partial charge in [0.05, 0.1) is 10.5 Å². The van der Waals surface area contributed by atoms with Crippen LogP contribution in [-0.2, 0) is 10.0 Å². The Labute approximate surface area is 123 Å². The van der Waals surface area contributed by atoms with Crippen LogP contribution < -0.4 is 0 Å². The molecule has 7 nitrogen and oxygen atoms in total. The Hall–Kier alpha value is -1.98. The van der Waals surface area contributed by atoms with Gasteiger partial charge in [-0.3, -0.25) is 10.1 Å². The van der Waals surface area contributed by atoms with Crippen LogP contribution in [0.25, 0.3) is 0 Å². The van der Waals surface area contributed by atoms with Crippen LogP contribution in [0.2, 0.25) is 0 Å². The molecule has 1 aliphatic rings. The lowest BCUT2D eigenvalue weighted by molar-refractivity contribution is -0.385. The lowest BCUT2D eigenvalue weighted by Crippen LogP contribution is -2.42. The van der Waals surface area contributed by atoms with Crippen LogP contribution in [0.15, 0.2) is 23.1 Å². The van der Waals surface area contributed by atoms with Crippen LogP contribution >= 0.6 is 0 Å². The van der Waals surface area contributed by atoms with Gasteiger partial charge in [-0.2, -0.15) is 9.57 Å². The van der Waals surface area contributed by atoms with E-state index in [2.05, 4.69) is 0 Å². The van der Waals surface area contributed by atoms with Crippen LogP contribution in [0, 0.1) is 21.4 Å². The molecule has 1 heterocycles. The second-order valence-electron chi connectivity index (χ2n) is 5.54. The first-order chi connectivity index (χ1) is 9.70. The van der Waals surface area contributed by atoms with E-state index in [0.29, 0.717) is 13.0 Å². The smallest absolute Gasteiger partial charge is 0.258 e. The highest BCUT2D eigenvalue weighted by Crippen LogP contribution is 2.35. The monoisotopic (exact) mass is 309 g/mol. The number of nitro groups is 1. The Bertz CT molecular complexity index is 734. The van der Waals surface area contributed by atoms with Crippen molar-refractivity contribution in [3.8, 4) is 6.07 Å². The zero-order valence-electron chi connectivity index (χ0n) is 11.7. The maximum atomic E-state index is 12.8. The van der Waals surface area contributed by atoms with E-state index in [1.165, 1.54) is 10.4 Å². The number of benzene rings is 1. The number of nitro benzene ring substituents is 1. The van der Waals surface area contributed by atoms with Crippen LogP contribution in [0.5, 0.6) is 0 Å². The Balaban J connectivity index is 2.62. The van der Waals surface area contributed by atoms with Crippen molar-refractivity contribution in [2.75, 3.05) is 6.54 Å². The van der Waals surface area contributed by atoms with Gasteiger partial charge in [-0.25, -0.2) is 8.42 Å². The molecule has 0 aromatic heterocycles. The van der Waals surface area contributed by atoms with E-state index < -0.39 is 20.5 Å². The zero-order valence-corrected chi connectivity index (χ0v) is 12.6. The lowest BCUT2D eigenvalue weighted by atomic mass is 10.0. The van der Waals surface area contributed by atoms with E-state index in [1.807, 2.05) is 0 Å². The van der Waals surface area contributed by atoms with Crippen molar-refractivity contribution in [3.63, 3.8) is 0 Å². The molecular weight excluding hydrogens is 294 g/mol. The van der Waals surface area contributed by atoms with Crippen LogP contribution in [0.4, 0.5) is 5.69 Å². The molecule has 21 heavy (non-hydrogen) atoms. The fourth-order valence-corrected chi connectivity index (χ4v) is 4.59. The normalized spacial score (nSPS) is 18.3. The Morgan fingerprint density at radius 1 is 1.43 bits per heavy atom. The summed E-state index contributed by atoms with van der Waals surface area (Å²) in [5, 5.41) is 19.9. The predicted molar refractivity (Wildman–Crippen MR) is 75.0 cm³/mol. The highest BCUT2D eigenvalue weighted by molar-refractivity contribution is 7.89. The summed E-state index contributed by atoms with van der Waals surface area (Å²) in [6, 6.07) is 5.06. The Kier molecular flexibility index (Phi) is 3.74. The van der Waals surface area contributed by atoms with Gasteiger partial charge in [-0.05, 0) is 32.8 Å². The maximum Gasteiger partial charge on any atom is 0.270 e. The number of hydrogen-bond acceptors (Lipinski definition) is 5. The van der Waals surface area contributed by atoms with Gasteiger partial charge >= 0.3 is 0 Å². The topological polar surface area (TPSA) is 104 Å². The first-order valence-corrected chi connectivity index (χ1v) is 7.85. The first-order valence-electron chi connectivity index (χ1n) is 6.41. The fraction of sp³-hybridized carbons (Fsp3) is 0.462. The molecule has 112 valence electrons. The Morgan fingerprint density at radius 3 is 2.57 bits per heavy atom. The molecule has 2 rings (SSSR count). The predicted octanol–water partition coefficient (Wildman–Crippen LogP) is 2.03. The molecule has 0 radical (unpaired) electrons. The van der Waals surface area contributed by atoms with E-state index >= 15 is 0 Å². The average molecular weight is 309 g/mol. The molecule has 1 aromatic carbocycles. The molecule has 0 unspecified atom stereocenters. The SMILES string of the molecule is CC1(C)CCCN1S(=O)(=O)c1cc([N+](=O)[O-])ccc1C#N. The molecule has 0 atom stereocenters. The van der Waals surface area contributed by atoms with E-state index in [9.17, 15) is 18.5 Å². The number of sulfonamides is 1. The fourth-order valence-electron chi connectivity index (χ4n) is 2.58. The standard InChI is InChI=1S/C13H15N3O4S/c1-13(2)6-3-7-15(13)21(19,20)12-8-11(16(17)18)5-4-10(12)9-14/h4-5,8H,3,6-7H2,1-2H3. The second-order valence-corrected chi connectivity index (χ2v) is 7.37. The van der Waals surface area contributed by atoms with Gasteiger partial charge in [-0.1, -0.05) is 0 Å². The van der Waals surface area contributed by atoms with E-state index in [1.54, 1.807) is 19.9 Å². The largest absolute Gasteiger partial charge is 0.270 e. The number of nitriles is 1. The van der Waals surface area contributed by atoms with E-state index in [-0.39, 0.29) is 16.1 Å². The minimum atomic E-state index is -3.94. The van der Waals surface area contributed by atoms with Crippen molar-refractivity contribution in [1.82, 2.24) is 4.31 Å². The van der Waals surface area contributed by atoms with Gasteiger partial charge in [0.25, 0.3) is 5.69 Å². The van der Waals surface area contributed by atoms with Crippen molar-refractivity contribution in [2.24, 2.45) is 0 Å². The van der Waals surface area contributed by atoms with Crippen molar-refractivity contribution in [1.29, 1.82) is 5.26 Å². The van der Waals surface area contributed by atoms with Crippen LogP contribution in [0.1, 0.15) is 32.3 Å². The summed E-state index contributed by atoms with van der Waals surface area (Å²) in [6.45, 7) is 3.96. The van der Waals surface area contributed by atoms with Crippen molar-refractivity contribution >= 4 is 15.7 Å². The van der Waals surface area contributed by atoms with E-state index in [0.717, 1.165) is 18.6 Å². The maximum absolute atomic E-state index is 12.8. The van der Waals surface area contributed by atoms with Gasteiger partial charge < -0.3 is 0 Å². The summed E-state index contributed by atoms with van der Waals surface area (Å²) in [5.74, 6) is 0.